The maximum absolute atomic E-state index is 12.8. The van der Waals surface area contributed by atoms with Crippen molar-refractivity contribution < 1.29 is 9.59 Å². The Bertz CT molecular complexity index is 1110. The SMILES string of the molecule is O=C(NC1CCCCC1)c1cccc(NC(=O)c2cc(=O)[nH]c3ccccc23)c1. The molecule has 148 valence electrons. The van der Waals surface area contributed by atoms with Gasteiger partial charge in [0.2, 0.25) is 5.56 Å². The highest BCUT2D eigenvalue weighted by Gasteiger charge is 2.17. The second-order valence-electron chi connectivity index (χ2n) is 7.44. The molecule has 6 heteroatoms. The lowest BCUT2D eigenvalue weighted by Gasteiger charge is -2.22. The molecule has 6 nitrogen and oxygen atoms in total. The van der Waals surface area contributed by atoms with Crippen LogP contribution in [0.15, 0.2) is 59.4 Å². The molecule has 3 aromatic rings. The summed E-state index contributed by atoms with van der Waals surface area (Å²) in [6.45, 7) is 0. The van der Waals surface area contributed by atoms with Gasteiger partial charge in [-0.05, 0) is 37.1 Å². The molecule has 0 aliphatic heterocycles. The first-order chi connectivity index (χ1) is 14.1. The summed E-state index contributed by atoms with van der Waals surface area (Å²) in [7, 11) is 0. The highest BCUT2D eigenvalue weighted by atomic mass is 16.2. The Morgan fingerprint density at radius 3 is 2.52 bits per heavy atom. The fourth-order valence-electron chi connectivity index (χ4n) is 3.84. The van der Waals surface area contributed by atoms with E-state index in [-0.39, 0.29) is 17.5 Å². The van der Waals surface area contributed by atoms with Crippen LogP contribution in [0.4, 0.5) is 5.69 Å². The smallest absolute Gasteiger partial charge is 0.256 e. The Kier molecular flexibility index (Phi) is 5.42. The average Bonchev–Trinajstić information content (AvgIpc) is 2.74. The van der Waals surface area contributed by atoms with Gasteiger partial charge in [-0.3, -0.25) is 14.4 Å². The van der Waals surface area contributed by atoms with Crippen LogP contribution >= 0.6 is 0 Å². The molecule has 0 unspecified atom stereocenters. The van der Waals surface area contributed by atoms with Gasteiger partial charge in [0, 0.05) is 34.3 Å². The Morgan fingerprint density at radius 2 is 1.69 bits per heavy atom. The number of aromatic nitrogens is 1. The number of hydrogen-bond acceptors (Lipinski definition) is 3. The summed E-state index contributed by atoms with van der Waals surface area (Å²) in [6.07, 6.45) is 5.54. The van der Waals surface area contributed by atoms with Crippen LogP contribution in [0.5, 0.6) is 0 Å². The number of hydrogen-bond donors (Lipinski definition) is 3. The molecule has 1 aliphatic rings. The third-order valence-corrected chi connectivity index (χ3v) is 5.32. The number of H-pyrrole nitrogens is 1. The van der Waals surface area contributed by atoms with E-state index < -0.39 is 5.91 Å². The minimum atomic E-state index is -0.392. The zero-order valence-electron chi connectivity index (χ0n) is 16.0. The number of pyridine rings is 1. The van der Waals surface area contributed by atoms with Gasteiger partial charge in [-0.2, -0.15) is 0 Å². The van der Waals surface area contributed by atoms with Crippen molar-refractivity contribution in [1.82, 2.24) is 10.3 Å². The van der Waals surface area contributed by atoms with Crippen LogP contribution in [0.1, 0.15) is 52.8 Å². The van der Waals surface area contributed by atoms with Gasteiger partial charge in [-0.15, -0.1) is 0 Å². The molecule has 1 aliphatic carbocycles. The number of aromatic amines is 1. The minimum Gasteiger partial charge on any atom is -0.349 e. The fraction of sp³-hybridized carbons (Fsp3) is 0.261. The number of carbonyl (C=O) groups excluding carboxylic acids is 2. The number of nitrogens with one attached hydrogen (secondary N) is 3. The second-order valence-corrected chi connectivity index (χ2v) is 7.44. The van der Waals surface area contributed by atoms with Gasteiger partial charge in [-0.25, -0.2) is 0 Å². The molecule has 2 amide bonds. The van der Waals surface area contributed by atoms with Gasteiger partial charge < -0.3 is 15.6 Å². The molecule has 1 aromatic heterocycles. The van der Waals surface area contributed by atoms with Crippen molar-refractivity contribution in [3.05, 3.63) is 76.1 Å². The first-order valence-corrected chi connectivity index (χ1v) is 9.94. The van der Waals surface area contributed by atoms with E-state index in [0.29, 0.717) is 27.7 Å². The molecular weight excluding hydrogens is 366 g/mol. The molecule has 0 bridgehead atoms. The van der Waals surface area contributed by atoms with Crippen LogP contribution in [0.25, 0.3) is 10.9 Å². The maximum Gasteiger partial charge on any atom is 0.256 e. The van der Waals surface area contributed by atoms with E-state index in [2.05, 4.69) is 15.6 Å². The van der Waals surface area contributed by atoms with Crippen molar-refractivity contribution in [2.24, 2.45) is 0 Å². The topological polar surface area (TPSA) is 91.1 Å². The Morgan fingerprint density at radius 1 is 0.897 bits per heavy atom. The van der Waals surface area contributed by atoms with Crippen molar-refractivity contribution in [3.63, 3.8) is 0 Å². The molecule has 29 heavy (non-hydrogen) atoms. The van der Waals surface area contributed by atoms with Crippen LogP contribution in [-0.2, 0) is 0 Å². The van der Waals surface area contributed by atoms with E-state index in [1.165, 1.54) is 12.5 Å². The number of rotatable bonds is 4. The first-order valence-electron chi connectivity index (χ1n) is 9.94. The van der Waals surface area contributed by atoms with E-state index in [0.717, 1.165) is 25.7 Å². The molecule has 0 radical (unpaired) electrons. The predicted octanol–water partition coefficient (Wildman–Crippen LogP) is 3.84. The number of anilines is 1. The molecule has 0 spiro atoms. The minimum absolute atomic E-state index is 0.130. The molecule has 4 rings (SSSR count). The van der Waals surface area contributed by atoms with E-state index in [4.69, 9.17) is 0 Å². The van der Waals surface area contributed by atoms with Crippen molar-refractivity contribution >= 4 is 28.4 Å². The number of para-hydroxylation sites is 1. The van der Waals surface area contributed by atoms with E-state index in [1.807, 2.05) is 6.07 Å². The Hall–Kier alpha value is -3.41. The molecule has 0 atom stereocenters. The number of carbonyl (C=O) groups is 2. The first kappa shape index (κ1) is 18.9. The highest BCUT2D eigenvalue weighted by Crippen LogP contribution is 2.20. The van der Waals surface area contributed by atoms with E-state index >= 15 is 0 Å². The molecule has 3 N–H and O–H groups in total. The lowest BCUT2D eigenvalue weighted by atomic mass is 9.95. The van der Waals surface area contributed by atoms with Crippen molar-refractivity contribution in [2.75, 3.05) is 5.32 Å². The predicted molar refractivity (Wildman–Crippen MR) is 113 cm³/mol. The molecule has 2 aromatic carbocycles. The highest BCUT2D eigenvalue weighted by molar-refractivity contribution is 6.12. The summed E-state index contributed by atoms with van der Waals surface area (Å²) in [6, 6.07) is 15.5. The third-order valence-electron chi connectivity index (χ3n) is 5.32. The van der Waals surface area contributed by atoms with E-state index in [1.54, 1.807) is 42.5 Å². The van der Waals surface area contributed by atoms with Crippen LogP contribution in [0.2, 0.25) is 0 Å². The quantitative estimate of drug-likeness (QED) is 0.633. The summed E-state index contributed by atoms with van der Waals surface area (Å²) in [5, 5.41) is 6.55. The monoisotopic (exact) mass is 389 g/mol. The van der Waals surface area contributed by atoms with Gasteiger partial charge >= 0.3 is 0 Å². The van der Waals surface area contributed by atoms with Gasteiger partial charge in [0.05, 0.1) is 5.56 Å². The zero-order chi connectivity index (χ0) is 20.2. The maximum atomic E-state index is 12.8. The lowest BCUT2D eigenvalue weighted by molar-refractivity contribution is 0.0926. The van der Waals surface area contributed by atoms with Gasteiger partial charge in [0.1, 0.15) is 0 Å². The molecular formula is C23H23N3O3. The van der Waals surface area contributed by atoms with Crippen LogP contribution in [0.3, 0.4) is 0 Å². The standard InChI is InChI=1S/C23H23N3O3/c27-21-14-19(18-11-4-5-12-20(18)26-21)23(29)25-17-10-6-7-15(13-17)22(28)24-16-8-2-1-3-9-16/h4-7,10-14,16H,1-3,8-9H2,(H,24,28)(H,25,29)(H,26,27). The Balaban J connectivity index is 1.53. The van der Waals surface area contributed by atoms with Crippen LogP contribution < -0.4 is 16.2 Å². The van der Waals surface area contributed by atoms with Gasteiger partial charge in [0.25, 0.3) is 11.8 Å². The van der Waals surface area contributed by atoms with Crippen molar-refractivity contribution in [1.29, 1.82) is 0 Å². The summed E-state index contributed by atoms with van der Waals surface area (Å²) in [4.78, 5) is 40.0. The summed E-state index contributed by atoms with van der Waals surface area (Å²) in [5.41, 5.74) is 1.57. The molecule has 1 fully saturated rings. The van der Waals surface area contributed by atoms with Crippen molar-refractivity contribution in [3.8, 4) is 0 Å². The second kappa shape index (κ2) is 8.31. The third kappa shape index (κ3) is 4.37. The van der Waals surface area contributed by atoms with Crippen LogP contribution in [0, 0.1) is 0 Å². The fourth-order valence-corrected chi connectivity index (χ4v) is 3.84. The Labute approximate surface area is 168 Å². The number of benzene rings is 2. The molecule has 1 heterocycles. The number of amides is 2. The molecule has 1 saturated carbocycles. The molecule has 0 saturated heterocycles. The summed E-state index contributed by atoms with van der Waals surface area (Å²) >= 11 is 0. The largest absolute Gasteiger partial charge is 0.349 e. The normalized spacial score (nSPS) is 14.5. The van der Waals surface area contributed by atoms with Gasteiger partial charge in [-0.1, -0.05) is 43.5 Å². The van der Waals surface area contributed by atoms with E-state index in [9.17, 15) is 14.4 Å². The zero-order valence-corrected chi connectivity index (χ0v) is 16.0. The van der Waals surface area contributed by atoms with Gasteiger partial charge in [0.15, 0.2) is 0 Å². The average molecular weight is 389 g/mol. The van der Waals surface area contributed by atoms with Crippen LogP contribution in [-0.4, -0.2) is 22.8 Å². The summed E-state index contributed by atoms with van der Waals surface area (Å²) in [5.74, 6) is -0.522. The lowest BCUT2D eigenvalue weighted by Crippen LogP contribution is -2.36. The van der Waals surface area contributed by atoms with Crippen molar-refractivity contribution in [2.45, 2.75) is 38.1 Å². The number of fused-ring (bicyclic) bond motifs is 1. The summed E-state index contributed by atoms with van der Waals surface area (Å²) < 4.78 is 0.